The normalized spacial score (nSPS) is 16.1. The van der Waals surface area contributed by atoms with E-state index >= 15 is 0 Å². The van der Waals surface area contributed by atoms with E-state index in [0.717, 1.165) is 74.8 Å². The van der Waals surface area contributed by atoms with Crippen molar-refractivity contribution in [3.63, 3.8) is 0 Å². The van der Waals surface area contributed by atoms with Crippen molar-refractivity contribution >= 4 is 50.8 Å². The molecule has 0 aliphatic carbocycles. The number of rotatable bonds is 7. The number of nitrogens with zero attached hydrogens (tertiary/aromatic N) is 7. The zero-order valence-corrected chi connectivity index (χ0v) is 29.1. The first-order chi connectivity index (χ1) is 23.7. The Hall–Kier alpha value is -4.94. The summed E-state index contributed by atoms with van der Waals surface area (Å²) in [5.41, 5.74) is 13.8. The van der Waals surface area contributed by atoms with Crippen molar-refractivity contribution in [1.29, 1.82) is 0 Å². The maximum absolute atomic E-state index is 13.0. The van der Waals surface area contributed by atoms with Crippen LogP contribution in [0.4, 0.5) is 17.5 Å². The summed E-state index contributed by atoms with van der Waals surface area (Å²) in [4.78, 5) is 50.7. The van der Waals surface area contributed by atoms with Crippen LogP contribution in [-0.4, -0.2) is 69.0 Å². The van der Waals surface area contributed by atoms with Crippen LogP contribution < -0.4 is 15.5 Å². The number of nitrogen functional groups attached to an aromatic ring is 1. The number of carbonyl (C=O) groups excluding carboxylic acids is 2. The van der Waals surface area contributed by atoms with Crippen LogP contribution >= 0.6 is 11.3 Å². The van der Waals surface area contributed by atoms with Crippen molar-refractivity contribution in [3.05, 3.63) is 76.4 Å². The van der Waals surface area contributed by atoms with Gasteiger partial charge in [-0.15, -0.1) is 11.3 Å². The highest BCUT2D eigenvalue weighted by molar-refractivity contribution is 7.19. The van der Waals surface area contributed by atoms with E-state index in [1.165, 1.54) is 5.56 Å². The van der Waals surface area contributed by atoms with Crippen molar-refractivity contribution < 1.29 is 14.3 Å². The van der Waals surface area contributed by atoms with Crippen LogP contribution in [0.3, 0.4) is 0 Å². The number of anilines is 3. The second-order valence-corrected chi connectivity index (χ2v) is 13.9. The van der Waals surface area contributed by atoms with Gasteiger partial charge in [-0.1, -0.05) is 30.3 Å². The lowest BCUT2D eigenvalue weighted by atomic mass is 9.93. The van der Waals surface area contributed by atoms with Crippen LogP contribution in [0.25, 0.3) is 32.7 Å². The molecule has 2 N–H and O–H groups in total. The Bertz CT molecular complexity index is 2020. The summed E-state index contributed by atoms with van der Waals surface area (Å²) in [7, 11) is 0. The minimum atomic E-state index is -0.000858. The molecule has 1 atom stereocenters. The number of fused-ring (bicyclic) bond motifs is 2. The standard InChI is InChI=1S/C37H40N8O3S/c1-22-5-8-29-17-28(11-12-31(29)45(22)25(4)47)27-9-6-26(7-10-27)20-44(24(3)46)21-32-23(2)33-34(49-32)36(43-13-15-48-16-14-43)42-35(41-33)30-18-39-37(38)40-19-30/h6-7,9-12,17-19,22H,5,8,13-16,20-21H2,1-4H3,(H2,38,39,40)/t22-/m0/s1. The van der Waals surface area contributed by atoms with Crippen LogP contribution in [0.5, 0.6) is 0 Å². The average molecular weight is 677 g/mol. The largest absolute Gasteiger partial charge is 0.378 e. The summed E-state index contributed by atoms with van der Waals surface area (Å²) in [5, 5.41) is 0. The Morgan fingerprint density at radius 3 is 2.39 bits per heavy atom. The number of hydrogen-bond acceptors (Lipinski definition) is 10. The Labute approximate surface area is 289 Å². The van der Waals surface area contributed by atoms with E-state index in [1.54, 1.807) is 37.6 Å². The van der Waals surface area contributed by atoms with E-state index in [-0.39, 0.29) is 23.8 Å². The van der Waals surface area contributed by atoms with Gasteiger partial charge in [0.2, 0.25) is 17.8 Å². The Morgan fingerprint density at radius 1 is 0.980 bits per heavy atom. The number of aryl methyl sites for hydroxylation is 2. The quantitative estimate of drug-likeness (QED) is 0.228. The number of carbonyl (C=O) groups is 2. The molecule has 1 saturated heterocycles. The van der Waals surface area contributed by atoms with Crippen molar-refractivity contribution in [2.45, 2.75) is 59.7 Å². The van der Waals surface area contributed by atoms with Gasteiger partial charge in [0.05, 0.1) is 35.5 Å². The maximum atomic E-state index is 13.0. The van der Waals surface area contributed by atoms with Gasteiger partial charge in [0, 0.05) is 62.5 Å². The highest BCUT2D eigenvalue weighted by atomic mass is 32.1. The lowest BCUT2D eigenvalue weighted by molar-refractivity contribution is -0.130. The molecule has 11 nitrogen and oxygen atoms in total. The number of aromatic nitrogens is 4. The SMILES string of the molecule is CC(=O)N(Cc1ccc(-c2ccc3c(c2)CC[C@H](C)N3C(C)=O)cc1)Cc1sc2c(N3CCOCC3)nc(-c3cnc(N)nc3)nc2c1C. The highest BCUT2D eigenvalue weighted by Crippen LogP contribution is 2.39. The predicted octanol–water partition coefficient (Wildman–Crippen LogP) is 5.78. The molecule has 1 fully saturated rings. The van der Waals surface area contributed by atoms with Gasteiger partial charge in [-0.3, -0.25) is 9.59 Å². The fourth-order valence-electron chi connectivity index (χ4n) is 6.73. The molecule has 252 valence electrons. The predicted molar refractivity (Wildman–Crippen MR) is 193 cm³/mol. The number of nitrogens with two attached hydrogens (primary N) is 1. The first kappa shape index (κ1) is 32.6. The van der Waals surface area contributed by atoms with Gasteiger partial charge >= 0.3 is 0 Å². The first-order valence-electron chi connectivity index (χ1n) is 16.6. The summed E-state index contributed by atoms with van der Waals surface area (Å²) >= 11 is 1.64. The third-order valence-corrected chi connectivity index (χ3v) is 10.7. The number of amides is 2. The van der Waals surface area contributed by atoms with Gasteiger partial charge in [-0.25, -0.2) is 19.9 Å². The molecule has 2 aromatic carbocycles. The van der Waals surface area contributed by atoms with Gasteiger partial charge < -0.3 is 25.2 Å². The van der Waals surface area contributed by atoms with Crippen molar-refractivity contribution in [3.8, 4) is 22.5 Å². The molecule has 5 heterocycles. The average Bonchev–Trinajstić information content (AvgIpc) is 3.42. The number of hydrogen-bond donors (Lipinski definition) is 1. The highest BCUT2D eigenvalue weighted by Gasteiger charge is 2.27. The lowest BCUT2D eigenvalue weighted by Gasteiger charge is -2.34. The van der Waals surface area contributed by atoms with Crippen LogP contribution in [0.1, 0.15) is 48.8 Å². The molecule has 2 aliphatic heterocycles. The van der Waals surface area contributed by atoms with Crippen molar-refractivity contribution in [2.75, 3.05) is 41.8 Å². The fraction of sp³-hybridized carbons (Fsp3) is 0.351. The van der Waals surface area contributed by atoms with Gasteiger partial charge in [0.1, 0.15) is 0 Å². The number of morpholine rings is 1. The molecule has 49 heavy (non-hydrogen) atoms. The van der Waals surface area contributed by atoms with Gasteiger partial charge in [0.25, 0.3) is 0 Å². The summed E-state index contributed by atoms with van der Waals surface area (Å²) in [6.45, 7) is 11.1. The number of thiophene rings is 1. The molecular weight excluding hydrogens is 637 g/mol. The second kappa shape index (κ2) is 13.5. The molecule has 0 radical (unpaired) electrons. The van der Waals surface area contributed by atoms with Crippen molar-refractivity contribution in [2.24, 2.45) is 0 Å². The molecule has 0 saturated carbocycles. The first-order valence-corrected chi connectivity index (χ1v) is 17.5. The van der Waals surface area contributed by atoms with Crippen LogP contribution in [0, 0.1) is 6.92 Å². The van der Waals surface area contributed by atoms with E-state index in [4.69, 9.17) is 20.4 Å². The topological polar surface area (TPSA) is 131 Å². The zero-order valence-electron chi connectivity index (χ0n) is 28.3. The van der Waals surface area contributed by atoms with Gasteiger partial charge in [0.15, 0.2) is 11.6 Å². The number of ether oxygens (including phenoxy) is 1. The molecule has 2 aliphatic rings. The smallest absolute Gasteiger partial charge is 0.224 e. The molecule has 12 heteroatoms. The number of benzene rings is 2. The van der Waals surface area contributed by atoms with Crippen LogP contribution in [0.15, 0.2) is 54.9 Å². The maximum Gasteiger partial charge on any atom is 0.224 e. The zero-order chi connectivity index (χ0) is 34.2. The molecule has 0 bridgehead atoms. The molecule has 3 aromatic heterocycles. The fourth-order valence-corrected chi connectivity index (χ4v) is 8.01. The minimum absolute atomic E-state index is 0.000858. The van der Waals surface area contributed by atoms with Gasteiger partial charge in [-0.2, -0.15) is 0 Å². The lowest BCUT2D eigenvalue weighted by Crippen LogP contribution is -2.40. The van der Waals surface area contributed by atoms with Crippen LogP contribution in [-0.2, 0) is 33.8 Å². The monoisotopic (exact) mass is 676 g/mol. The Morgan fingerprint density at radius 2 is 1.69 bits per heavy atom. The molecule has 7 rings (SSSR count). The third-order valence-electron chi connectivity index (χ3n) is 9.48. The summed E-state index contributed by atoms with van der Waals surface area (Å²) in [6.07, 6.45) is 5.19. The van der Waals surface area contributed by atoms with Gasteiger partial charge in [-0.05, 0) is 66.6 Å². The minimum Gasteiger partial charge on any atom is -0.378 e. The van der Waals surface area contributed by atoms with E-state index in [1.807, 2.05) is 9.80 Å². The van der Waals surface area contributed by atoms with E-state index < -0.39 is 0 Å². The molecule has 0 unspecified atom stereocenters. The molecule has 5 aromatic rings. The summed E-state index contributed by atoms with van der Waals surface area (Å²) < 4.78 is 6.62. The molecular formula is C37H40N8O3S. The summed E-state index contributed by atoms with van der Waals surface area (Å²) in [5.74, 6) is 1.67. The van der Waals surface area contributed by atoms with Crippen molar-refractivity contribution in [1.82, 2.24) is 24.8 Å². The Balaban J connectivity index is 1.14. The van der Waals surface area contributed by atoms with E-state index in [0.29, 0.717) is 37.7 Å². The van der Waals surface area contributed by atoms with E-state index in [2.05, 4.69) is 71.2 Å². The Kier molecular flexibility index (Phi) is 9.00. The van der Waals surface area contributed by atoms with E-state index in [9.17, 15) is 9.59 Å². The van der Waals surface area contributed by atoms with Crippen LogP contribution in [0.2, 0.25) is 0 Å². The summed E-state index contributed by atoms with van der Waals surface area (Å²) in [6, 6.07) is 15.0. The molecule has 2 amide bonds. The molecule has 0 spiro atoms. The second-order valence-electron chi connectivity index (χ2n) is 12.8. The third kappa shape index (κ3) is 6.58.